The van der Waals surface area contributed by atoms with Gasteiger partial charge in [-0.05, 0) is 51.3 Å². The van der Waals surface area contributed by atoms with E-state index < -0.39 is 42.1 Å². The maximum absolute atomic E-state index is 13.2. The Kier molecular flexibility index (Phi) is 10.3. The number of hydrogen-bond donors (Lipinski definition) is 3. The van der Waals surface area contributed by atoms with Gasteiger partial charge in [0.25, 0.3) is 11.8 Å². The molecule has 1 aliphatic rings. The minimum Gasteiger partial charge on any atom is -0.450 e. The number of fused-ring (bicyclic) bond motifs is 1. The highest BCUT2D eigenvalue weighted by molar-refractivity contribution is 5.91. The number of ether oxygens (including phenoxy) is 1. The first kappa shape index (κ1) is 29.9. The molecule has 3 rings (SSSR count). The number of nitrogens with one attached hydrogen (secondary N) is 2. The first-order chi connectivity index (χ1) is 18.5. The van der Waals surface area contributed by atoms with Crippen LogP contribution in [0, 0.1) is 0 Å². The molecule has 5 atom stereocenters. The Morgan fingerprint density at radius 2 is 1.92 bits per heavy atom. The number of amides is 2. The predicted molar refractivity (Wildman–Crippen MR) is 147 cm³/mol. The molecule has 0 spiro atoms. The molecule has 3 N–H and O–H groups in total. The number of benzene rings is 1. The zero-order chi connectivity index (χ0) is 28.7. The van der Waals surface area contributed by atoms with Crippen molar-refractivity contribution in [3.63, 3.8) is 0 Å². The fourth-order valence-corrected chi connectivity index (χ4v) is 4.59. The van der Waals surface area contributed by atoms with Crippen LogP contribution in [0.2, 0.25) is 0 Å². The summed E-state index contributed by atoms with van der Waals surface area (Å²) in [6.07, 6.45) is 2.78. The van der Waals surface area contributed by atoms with Gasteiger partial charge in [-0.15, -0.1) is 0 Å². The highest BCUT2D eigenvalue weighted by Gasteiger charge is 2.33. The van der Waals surface area contributed by atoms with E-state index in [1.165, 1.54) is 18.9 Å². The van der Waals surface area contributed by atoms with E-state index in [1.807, 2.05) is 56.3 Å². The monoisotopic (exact) mass is 538 g/mol. The Bertz CT molecular complexity index is 1240. The van der Waals surface area contributed by atoms with Gasteiger partial charge in [0.2, 0.25) is 6.10 Å². The minimum atomic E-state index is -1.43. The highest BCUT2D eigenvalue weighted by Crippen LogP contribution is 2.24. The molecule has 1 aromatic heterocycles. The molecule has 0 aliphatic carbocycles. The van der Waals surface area contributed by atoms with Crippen molar-refractivity contribution in [2.24, 2.45) is 0 Å². The van der Waals surface area contributed by atoms with Crippen LogP contribution in [0.1, 0.15) is 71.1 Å². The molecule has 39 heavy (non-hydrogen) atoms. The Morgan fingerprint density at radius 1 is 1.21 bits per heavy atom. The van der Waals surface area contributed by atoms with Gasteiger partial charge in [-0.3, -0.25) is 29.2 Å². The quantitative estimate of drug-likeness (QED) is 0.393. The van der Waals surface area contributed by atoms with Crippen LogP contribution >= 0.6 is 0 Å². The summed E-state index contributed by atoms with van der Waals surface area (Å²) >= 11 is 0. The van der Waals surface area contributed by atoms with Gasteiger partial charge in [-0.25, -0.2) is 5.43 Å². The standard InChI is InChI=1S/C29H38N4O6/c1-6-8-21-10-11-22-12-13-23(31-25(22)16-21)17(2)15-26(36)24-9-7-14-33(32-24)29(38)18(3)30-28(37)27(19(4)34)39-20(5)35/h6,8,10-13,16-19,24,27,32,34H,7,9,14-15H2,1-5H3,(H,30,37)/b8-6+/t17-,18-,19+,24-,27?/m0/s1. The van der Waals surface area contributed by atoms with E-state index in [4.69, 9.17) is 9.72 Å². The summed E-state index contributed by atoms with van der Waals surface area (Å²) < 4.78 is 4.87. The van der Waals surface area contributed by atoms with E-state index >= 15 is 0 Å². The Balaban J connectivity index is 1.61. The van der Waals surface area contributed by atoms with E-state index in [2.05, 4.69) is 10.7 Å². The fourth-order valence-electron chi connectivity index (χ4n) is 4.59. The number of Topliss-reactive ketones (excluding diaryl/α,β-unsaturated/α-hetero) is 1. The summed E-state index contributed by atoms with van der Waals surface area (Å²) in [5.41, 5.74) is 5.78. The Morgan fingerprint density at radius 3 is 2.59 bits per heavy atom. The van der Waals surface area contributed by atoms with Crippen molar-refractivity contribution < 1.29 is 29.0 Å². The van der Waals surface area contributed by atoms with Crippen molar-refractivity contribution in [1.82, 2.24) is 20.7 Å². The fraction of sp³-hybridized carbons (Fsp3) is 0.483. The number of pyridine rings is 1. The number of hydrazine groups is 1. The third-order valence-electron chi connectivity index (χ3n) is 6.67. The molecule has 0 radical (unpaired) electrons. The number of rotatable bonds is 10. The number of aromatic nitrogens is 1. The molecule has 10 heteroatoms. The zero-order valence-electron chi connectivity index (χ0n) is 23.1. The van der Waals surface area contributed by atoms with Crippen molar-refractivity contribution >= 4 is 40.5 Å². The van der Waals surface area contributed by atoms with Crippen LogP contribution in [0.4, 0.5) is 0 Å². The van der Waals surface area contributed by atoms with Crippen LogP contribution in [0.5, 0.6) is 0 Å². The second-order valence-corrected chi connectivity index (χ2v) is 10.1. The highest BCUT2D eigenvalue weighted by atomic mass is 16.6. The third-order valence-corrected chi connectivity index (χ3v) is 6.67. The van der Waals surface area contributed by atoms with Crippen LogP contribution in [0.3, 0.4) is 0 Å². The molecule has 0 saturated carbocycles. The summed E-state index contributed by atoms with van der Waals surface area (Å²) in [5.74, 6) is -2.07. The topological polar surface area (TPSA) is 138 Å². The molecule has 0 bridgehead atoms. The second-order valence-electron chi connectivity index (χ2n) is 10.1. The predicted octanol–water partition coefficient (Wildman–Crippen LogP) is 2.64. The second kappa shape index (κ2) is 13.4. The largest absolute Gasteiger partial charge is 0.450 e. The van der Waals surface area contributed by atoms with Crippen molar-refractivity contribution in [3.8, 4) is 0 Å². The third kappa shape index (κ3) is 7.93. The molecule has 2 amide bonds. The molecule has 2 aromatic rings. The SMILES string of the molecule is C/C=C/c1ccc2ccc([C@@H](C)CC(=O)[C@@H]3CCCN(C(=O)[C@H](C)NC(=O)C(OC(C)=O)[C@@H](C)O)N3)nc2c1. The smallest absolute Gasteiger partial charge is 0.303 e. The molecule has 1 saturated heterocycles. The lowest BCUT2D eigenvalue weighted by Gasteiger charge is -2.35. The lowest BCUT2D eigenvalue weighted by atomic mass is 9.94. The van der Waals surface area contributed by atoms with Crippen molar-refractivity contribution in [1.29, 1.82) is 0 Å². The molecule has 210 valence electrons. The normalized spacial score (nSPS) is 18.8. The van der Waals surface area contributed by atoms with Crippen LogP contribution < -0.4 is 10.7 Å². The summed E-state index contributed by atoms with van der Waals surface area (Å²) in [4.78, 5) is 54.7. The van der Waals surface area contributed by atoms with E-state index in [1.54, 1.807) is 0 Å². The number of carbonyl (C=O) groups is 4. The van der Waals surface area contributed by atoms with Gasteiger partial charge in [0, 0.05) is 36.9 Å². The lowest BCUT2D eigenvalue weighted by molar-refractivity contribution is -0.161. The van der Waals surface area contributed by atoms with E-state index in [-0.39, 0.29) is 18.1 Å². The summed E-state index contributed by atoms with van der Waals surface area (Å²) in [5, 5.41) is 14.6. The summed E-state index contributed by atoms with van der Waals surface area (Å²) in [6.45, 7) is 8.25. The summed E-state index contributed by atoms with van der Waals surface area (Å²) in [6, 6.07) is 8.53. The number of nitrogens with zero attached hydrogens (tertiary/aromatic N) is 2. The molecule has 10 nitrogen and oxygen atoms in total. The van der Waals surface area contributed by atoms with Crippen LogP contribution in [-0.2, 0) is 23.9 Å². The van der Waals surface area contributed by atoms with Gasteiger partial charge in [-0.2, -0.15) is 0 Å². The number of aliphatic hydroxyl groups excluding tert-OH is 1. The maximum atomic E-state index is 13.2. The van der Waals surface area contributed by atoms with Crippen molar-refractivity contribution in [3.05, 3.63) is 47.7 Å². The number of allylic oxidation sites excluding steroid dienone is 1. The Hall–Kier alpha value is -3.63. The average molecular weight is 539 g/mol. The van der Waals surface area contributed by atoms with E-state index in [0.717, 1.165) is 29.1 Å². The van der Waals surface area contributed by atoms with Gasteiger partial charge in [0.05, 0.1) is 17.7 Å². The first-order valence-corrected chi connectivity index (χ1v) is 13.3. The van der Waals surface area contributed by atoms with Crippen molar-refractivity contribution in [2.45, 2.75) is 84.1 Å². The van der Waals surface area contributed by atoms with Crippen LogP contribution in [0.25, 0.3) is 17.0 Å². The Labute approximate surface area is 228 Å². The number of aliphatic hydroxyl groups is 1. The van der Waals surface area contributed by atoms with Gasteiger partial charge in [-0.1, -0.05) is 37.3 Å². The van der Waals surface area contributed by atoms with Gasteiger partial charge >= 0.3 is 5.97 Å². The number of carbonyl (C=O) groups excluding carboxylic acids is 4. The molecule has 2 heterocycles. The van der Waals surface area contributed by atoms with E-state index in [9.17, 15) is 24.3 Å². The first-order valence-electron chi connectivity index (χ1n) is 13.3. The van der Waals surface area contributed by atoms with Gasteiger partial charge in [0.15, 0.2) is 5.78 Å². The summed E-state index contributed by atoms with van der Waals surface area (Å²) in [7, 11) is 0. The minimum absolute atomic E-state index is 0.0229. The molecule has 1 aromatic carbocycles. The lowest BCUT2D eigenvalue weighted by Crippen LogP contribution is -2.60. The van der Waals surface area contributed by atoms with Gasteiger partial charge < -0.3 is 15.2 Å². The number of hydrogen-bond acceptors (Lipinski definition) is 8. The molecule has 1 unspecified atom stereocenters. The average Bonchev–Trinajstić information content (AvgIpc) is 2.90. The van der Waals surface area contributed by atoms with Crippen molar-refractivity contribution in [2.75, 3.05) is 6.54 Å². The molecular weight excluding hydrogens is 500 g/mol. The van der Waals surface area contributed by atoms with Crippen LogP contribution in [0.15, 0.2) is 36.4 Å². The molecule has 1 aliphatic heterocycles. The molecular formula is C29H38N4O6. The zero-order valence-corrected chi connectivity index (χ0v) is 23.1. The van der Waals surface area contributed by atoms with Crippen LogP contribution in [-0.4, -0.2) is 69.5 Å². The van der Waals surface area contributed by atoms with Gasteiger partial charge in [0.1, 0.15) is 6.04 Å². The maximum Gasteiger partial charge on any atom is 0.303 e. The molecule has 1 fully saturated rings. The number of ketones is 1. The van der Waals surface area contributed by atoms with E-state index in [0.29, 0.717) is 19.4 Å². The number of esters is 1.